The van der Waals surface area contributed by atoms with Gasteiger partial charge in [0.2, 0.25) is 0 Å². The van der Waals surface area contributed by atoms with Gasteiger partial charge in [0, 0.05) is 25.5 Å². The van der Waals surface area contributed by atoms with Crippen LogP contribution in [0.1, 0.15) is 44.0 Å². The minimum atomic E-state index is -4.65. The summed E-state index contributed by atoms with van der Waals surface area (Å²) in [5.74, 6) is 0.216. The van der Waals surface area contributed by atoms with E-state index in [2.05, 4.69) is 4.98 Å². The molecule has 0 aliphatic carbocycles. The molecule has 0 radical (unpaired) electrons. The summed E-state index contributed by atoms with van der Waals surface area (Å²) in [6, 6.07) is 6.43. The zero-order chi connectivity index (χ0) is 26.0. The first-order chi connectivity index (χ1) is 16.1. The fourth-order valence-corrected chi connectivity index (χ4v) is 4.02. The van der Waals surface area contributed by atoms with Crippen LogP contribution in [0.5, 0.6) is 5.75 Å². The molecule has 3 rings (SSSR count). The predicted octanol–water partition coefficient (Wildman–Crippen LogP) is 5.11. The normalized spacial score (nSPS) is 14.9. The molecule has 1 aliphatic rings. The van der Waals surface area contributed by atoms with Gasteiger partial charge in [0.15, 0.2) is 9.84 Å². The summed E-state index contributed by atoms with van der Waals surface area (Å²) in [7, 11) is -3.40. The predicted molar refractivity (Wildman–Crippen MR) is 124 cm³/mol. The maximum Gasteiger partial charge on any atom is 0.418 e. The van der Waals surface area contributed by atoms with Crippen LogP contribution in [-0.4, -0.2) is 49.3 Å². The van der Waals surface area contributed by atoms with Gasteiger partial charge in [0.1, 0.15) is 18.0 Å². The molecule has 1 aliphatic heterocycles. The van der Waals surface area contributed by atoms with Gasteiger partial charge in [-0.1, -0.05) is 6.08 Å². The highest BCUT2D eigenvalue weighted by Gasteiger charge is 2.35. The number of aromatic nitrogens is 1. The minimum absolute atomic E-state index is 0.0781. The molecule has 0 saturated heterocycles. The van der Waals surface area contributed by atoms with Crippen LogP contribution in [-0.2, 0) is 27.4 Å². The monoisotopic (exact) mass is 512 g/mol. The summed E-state index contributed by atoms with van der Waals surface area (Å²) >= 11 is 0. The second-order valence-electron chi connectivity index (χ2n) is 9.15. The lowest BCUT2D eigenvalue weighted by molar-refractivity contribution is -0.138. The highest BCUT2D eigenvalue weighted by atomic mass is 32.2. The standard InChI is InChI=1S/C24H27F3N2O5S/c1-23(2,3)34-22(30)29-11-9-16(10-12-29)17-13-20(24(25,26)27)21(28-14-17)15-33-18-5-7-19(8-6-18)35(4,31)32/h5-9,13-14H,10-12,15H2,1-4H3. The molecule has 1 aromatic carbocycles. The van der Waals surface area contributed by atoms with Crippen LogP contribution in [0.2, 0.25) is 0 Å². The van der Waals surface area contributed by atoms with E-state index in [0.717, 1.165) is 12.3 Å². The summed E-state index contributed by atoms with van der Waals surface area (Å²) in [5.41, 5.74) is -0.868. The van der Waals surface area contributed by atoms with Crippen molar-refractivity contribution in [3.63, 3.8) is 0 Å². The van der Waals surface area contributed by atoms with Crippen molar-refractivity contribution in [2.24, 2.45) is 0 Å². The van der Waals surface area contributed by atoms with E-state index in [1.54, 1.807) is 26.8 Å². The van der Waals surface area contributed by atoms with Gasteiger partial charge in [-0.2, -0.15) is 13.2 Å². The smallest absolute Gasteiger partial charge is 0.418 e. The van der Waals surface area contributed by atoms with Crippen molar-refractivity contribution in [1.82, 2.24) is 9.88 Å². The van der Waals surface area contributed by atoms with E-state index < -0.39 is 39.9 Å². The van der Waals surface area contributed by atoms with Gasteiger partial charge in [-0.25, -0.2) is 13.2 Å². The van der Waals surface area contributed by atoms with Gasteiger partial charge in [-0.05, 0) is 68.7 Å². The Bertz CT molecular complexity index is 1220. The average molecular weight is 513 g/mol. The van der Waals surface area contributed by atoms with Crippen LogP contribution in [0, 0.1) is 0 Å². The number of carbonyl (C=O) groups excluding carboxylic acids is 1. The zero-order valence-electron chi connectivity index (χ0n) is 19.8. The molecule has 35 heavy (non-hydrogen) atoms. The lowest BCUT2D eigenvalue weighted by atomic mass is 9.99. The molecule has 1 aromatic heterocycles. The van der Waals surface area contributed by atoms with Crippen LogP contribution in [0.15, 0.2) is 47.5 Å². The molecule has 0 N–H and O–H groups in total. The second-order valence-corrected chi connectivity index (χ2v) is 11.2. The van der Waals surface area contributed by atoms with Crippen molar-refractivity contribution in [3.05, 3.63) is 59.4 Å². The van der Waals surface area contributed by atoms with Crippen molar-refractivity contribution in [2.45, 2.75) is 50.5 Å². The molecule has 0 saturated carbocycles. The topological polar surface area (TPSA) is 85.8 Å². The van der Waals surface area contributed by atoms with Crippen molar-refractivity contribution >= 4 is 21.5 Å². The molecule has 11 heteroatoms. The lowest BCUT2D eigenvalue weighted by Gasteiger charge is -2.29. The van der Waals surface area contributed by atoms with Crippen molar-refractivity contribution in [1.29, 1.82) is 0 Å². The molecule has 0 fully saturated rings. The van der Waals surface area contributed by atoms with E-state index >= 15 is 0 Å². The van der Waals surface area contributed by atoms with Gasteiger partial charge < -0.3 is 14.4 Å². The Morgan fingerprint density at radius 1 is 1.14 bits per heavy atom. The third kappa shape index (κ3) is 7.20. The van der Waals surface area contributed by atoms with E-state index in [9.17, 15) is 26.4 Å². The Balaban J connectivity index is 1.75. The van der Waals surface area contributed by atoms with E-state index in [-0.39, 0.29) is 22.9 Å². The Hall–Kier alpha value is -3.08. The van der Waals surface area contributed by atoms with Crippen LogP contribution < -0.4 is 4.74 Å². The Labute approximate surface area is 202 Å². The number of benzene rings is 1. The molecule has 2 aromatic rings. The quantitative estimate of drug-likeness (QED) is 0.554. The largest absolute Gasteiger partial charge is 0.487 e. The van der Waals surface area contributed by atoms with E-state index in [0.29, 0.717) is 24.1 Å². The van der Waals surface area contributed by atoms with E-state index in [4.69, 9.17) is 9.47 Å². The van der Waals surface area contributed by atoms with Gasteiger partial charge in [0.05, 0.1) is 16.2 Å². The number of alkyl halides is 3. The molecule has 0 bridgehead atoms. The first-order valence-electron chi connectivity index (χ1n) is 10.8. The third-order valence-electron chi connectivity index (χ3n) is 5.13. The maximum absolute atomic E-state index is 13.8. The fraction of sp³-hybridized carbons (Fsp3) is 0.417. The van der Waals surface area contributed by atoms with Gasteiger partial charge in [-0.15, -0.1) is 0 Å². The molecule has 7 nitrogen and oxygen atoms in total. The fourth-order valence-electron chi connectivity index (χ4n) is 3.39. The molecule has 0 spiro atoms. The number of hydrogen-bond acceptors (Lipinski definition) is 6. The first-order valence-corrected chi connectivity index (χ1v) is 12.7. The highest BCUT2D eigenvalue weighted by Crippen LogP contribution is 2.34. The number of rotatable bonds is 5. The number of nitrogens with zero attached hydrogens (tertiary/aromatic N) is 2. The Morgan fingerprint density at radius 3 is 2.31 bits per heavy atom. The molecule has 1 amide bonds. The SMILES string of the molecule is CC(C)(C)OC(=O)N1CC=C(c2cnc(COc3ccc(S(C)(=O)=O)cc3)c(C(F)(F)F)c2)CC1. The zero-order valence-corrected chi connectivity index (χ0v) is 20.7. The summed E-state index contributed by atoms with van der Waals surface area (Å²) in [6.45, 7) is 5.37. The molecule has 190 valence electrons. The summed E-state index contributed by atoms with van der Waals surface area (Å²) in [5, 5.41) is 0. The van der Waals surface area contributed by atoms with Crippen LogP contribution in [0.25, 0.3) is 5.57 Å². The van der Waals surface area contributed by atoms with Gasteiger partial charge in [0.25, 0.3) is 0 Å². The van der Waals surface area contributed by atoms with E-state index in [1.807, 2.05) is 0 Å². The van der Waals surface area contributed by atoms with Crippen LogP contribution >= 0.6 is 0 Å². The maximum atomic E-state index is 13.8. The number of ether oxygens (including phenoxy) is 2. The summed E-state index contributed by atoms with van der Waals surface area (Å²) in [6.07, 6.45) is -0.653. The van der Waals surface area contributed by atoms with Crippen molar-refractivity contribution in [2.75, 3.05) is 19.3 Å². The first kappa shape index (κ1) is 26.5. The third-order valence-corrected chi connectivity index (χ3v) is 6.26. The number of amides is 1. The number of pyridine rings is 1. The molecule has 0 unspecified atom stereocenters. The number of sulfone groups is 1. The van der Waals surface area contributed by atoms with Crippen LogP contribution in [0.4, 0.5) is 18.0 Å². The lowest BCUT2D eigenvalue weighted by Crippen LogP contribution is -2.39. The van der Waals surface area contributed by atoms with E-state index in [1.165, 1.54) is 35.4 Å². The minimum Gasteiger partial charge on any atom is -0.487 e. The number of halogens is 3. The van der Waals surface area contributed by atoms with Gasteiger partial charge >= 0.3 is 12.3 Å². The van der Waals surface area contributed by atoms with Crippen LogP contribution in [0.3, 0.4) is 0 Å². The van der Waals surface area contributed by atoms with Crippen molar-refractivity contribution in [3.8, 4) is 5.75 Å². The Morgan fingerprint density at radius 2 is 1.80 bits per heavy atom. The van der Waals surface area contributed by atoms with Gasteiger partial charge in [-0.3, -0.25) is 4.98 Å². The summed E-state index contributed by atoms with van der Waals surface area (Å²) < 4.78 is 75.2. The molecular weight excluding hydrogens is 485 g/mol. The number of hydrogen-bond donors (Lipinski definition) is 0. The number of carbonyl (C=O) groups is 1. The summed E-state index contributed by atoms with van der Waals surface area (Å²) in [4.78, 5) is 17.8. The molecular formula is C24H27F3N2O5S. The molecule has 0 atom stereocenters. The average Bonchev–Trinajstić information content (AvgIpc) is 2.75. The highest BCUT2D eigenvalue weighted by molar-refractivity contribution is 7.90. The second kappa shape index (κ2) is 9.88. The Kier molecular flexibility index (Phi) is 7.49. The molecule has 2 heterocycles. The van der Waals surface area contributed by atoms with Crippen molar-refractivity contribution < 1.29 is 35.9 Å².